The molecule has 2 heteroatoms. The van der Waals surface area contributed by atoms with Gasteiger partial charge in [0.2, 0.25) is 0 Å². The van der Waals surface area contributed by atoms with E-state index in [0.29, 0.717) is 0 Å². The Hall–Kier alpha value is -0.0800. The smallest absolute Gasteiger partial charge is 0.157 e. The van der Waals surface area contributed by atoms with Crippen molar-refractivity contribution in [3.8, 4) is 0 Å². The predicted octanol–water partition coefficient (Wildman–Crippen LogP) is 2.58. The van der Waals surface area contributed by atoms with Crippen molar-refractivity contribution in [3.63, 3.8) is 0 Å². The van der Waals surface area contributed by atoms with Gasteiger partial charge in [-0.2, -0.15) is 0 Å². The molecule has 1 saturated heterocycles. The second kappa shape index (κ2) is 8.02. The van der Waals surface area contributed by atoms with E-state index in [1.807, 2.05) is 13.8 Å². The van der Waals surface area contributed by atoms with Crippen molar-refractivity contribution in [2.75, 3.05) is 13.2 Å². The van der Waals surface area contributed by atoms with Crippen molar-refractivity contribution in [2.24, 2.45) is 0 Å². The largest absolute Gasteiger partial charge is 0.350 e. The monoisotopic (exact) mass is 160 g/mol. The lowest BCUT2D eigenvalue weighted by Crippen LogP contribution is -2.06. The third-order valence-electron chi connectivity index (χ3n) is 1.48. The van der Waals surface area contributed by atoms with E-state index in [9.17, 15) is 0 Å². The van der Waals surface area contributed by atoms with Crippen LogP contribution in [0.25, 0.3) is 0 Å². The maximum Gasteiger partial charge on any atom is 0.157 e. The number of ether oxygens (including phenoxy) is 2. The van der Waals surface area contributed by atoms with Crippen LogP contribution in [-0.4, -0.2) is 19.5 Å². The first-order valence-corrected chi connectivity index (χ1v) is 4.66. The van der Waals surface area contributed by atoms with E-state index in [2.05, 4.69) is 6.92 Å². The molecule has 1 heterocycles. The van der Waals surface area contributed by atoms with E-state index in [-0.39, 0.29) is 6.29 Å². The first kappa shape index (κ1) is 10.9. The van der Waals surface area contributed by atoms with Crippen LogP contribution in [0, 0.1) is 0 Å². The number of rotatable bonds is 3. The minimum Gasteiger partial charge on any atom is -0.350 e. The van der Waals surface area contributed by atoms with E-state index in [1.165, 1.54) is 12.8 Å². The quantitative estimate of drug-likeness (QED) is 0.631. The molecule has 0 saturated carbocycles. The fourth-order valence-electron chi connectivity index (χ4n) is 0.945. The van der Waals surface area contributed by atoms with E-state index in [1.54, 1.807) is 0 Å². The Kier molecular flexibility index (Phi) is 7.96. The van der Waals surface area contributed by atoms with Crippen molar-refractivity contribution in [1.82, 2.24) is 0 Å². The summed E-state index contributed by atoms with van der Waals surface area (Å²) in [4.78, 5) is 0. The minimum atomic E-state index is 0.116. The van der Waals surface area contributed by atoms with Gasteiger partial charge in [-0.1, -0.05) is 27.2 Å². The molecule has 2 nitrogen and oxygen atoms in total. The first-order chi connectivity index (χ1) is 5.43. The third kappa shape index (κ3) is 5.22. The Morgan fingerprint density at radius 2 is 1.73 bits per heavy atom. The molecule has 1 aliphatic rings. The van der Waals surface area contributed by atoms with Gasteiger partial charge in [-0.05, 0) is 12.8 Å². The third-order valence-corrected chi connectivity index (χ3v) is 1.48. The molecule has 0 amide bonds. The molecule has 0 radical (unpaired) electrons. The molecular weight excluding hydrogens is 140 g/mol. The van der Waals surface area contributed by atoms with Crippen molar-refractivity contribution in [3.05, 3.63) is 0 Å². The summed E-state index contributed by atoms with van der Waals surface area (Å²) < 4.78 is 10.5. The molecule has 0 bridgehead atoms. The summed E-state index contributed by atoms with van der Waals surface area (Å²) in [6.07, 6.45) is 3.62. The van der Waals surface area contributed by atoms with Gasteiger partial charge in [0.15, 0.2) is 6.29 Å². The highest BCUT2D eigenvalue weighted by Gasteiger charge is 2.13. The molecule has 0 aliphatic carbocycles. The van der Waals surface area contributed by atoms with Gasteiger partial charge >= 0.3 is 0 Å². The van der Waals surface area contributed by atoms with Gasteiger partial charge in [0.05, 0.1) is 13.2 Å². The first-order valence-electron chi connectivity index (χ1n) is 4.66. The summed E-state index contributed by atoms with van der Waals surface area (Å²) >= 11 is 0. The summed E-state index contributed by atoms with van der Waals surface area (Å²) in [6.45, 7) is 7.75. The van der Waals surface area contributed by atoms with Crippen LogP contribution in [0.3, 0.4) is 0 Å². The predicted molar refractivity (Wildman–Crippen MR) is 46.6 cm³/mol. The molecule has 0 aromatic carbocycles. The molecule has 0 unspecified atom stereocenters. The summed E-state index contributed by atoms with van der Waals surface area (Å²) in [7, 11) is 0. The molecule has 0 spiro atoms. The Bertz CT molecular complexity index is 68.0. The Balaban J connectivity index is 0.000000461. The lowest BCUT2D eigenvalue weighted by atomic mass is 10.2. The molecule has 1 rings (SSSR count). The van der Waals surface area contributed by atoms with Crippen LogP contribution in [-0.2, 0) is 9.47 Å². The van der Waals surface area contributed by atoms with E-state index < -0.39 is 0 Å². The lowest BCUT2D eigenvalue weighted by Gasteiger charge is -2.05. The Labute approximate surface area is 69.9 Å². The van der Waals surface area contributed by atoms with Crippen LogP contribution in [0.2, 0.25) is 0 Å². The van der Waals surface area contributed by atoms with Crippen molar-refractivity contribution in [1.29, 1.82) is 0 Å². The highest BCUT2D eigenvalue weighted by atomic mass is 16.7. The Morgan fingerprint density at radius 3 is 2.18 bits per heavy atom. The van der Waals surface area contributed by atoms with Gasteiger partial charge in [-0.15, -0.1) is 0 Å². The molecule has 0 N–H and O–H groups in total. The van der Waals surface area contributed by atoms with Gasteiger partial charge in [0.25, 0.3) is 0 Å². The topological polar surface area (TPSA) is 18.5 Å². The van der Waals surface area contributed by atoms with Gasteiger partial charge in [-0.3, -0.25) is 0 Å². The average molecular weight is 160 g/mol. The average Bonchev–Trinajstić information content (AvgIpc) is 2.57. The lowest BCUT2D eigenvalue weighted by molar-refractivity contribution is -0.0477. The maximum absolute atomic E-state index is 5.23. The number of hydrogen-bond acceptors (Lipinski definition) is 2. The van der Waals surface area contributed by atoms with E-state index in [4.69, 9.17) is 9.47 Å². The highest BCUT2D eigenvalue weighted by molar-refractivity contribution is 4.50. The highest BCUT2D eigenvalue weighted by Crippen LogP contribution is 2.10. The van der Waals surface area contributed by atoms with Crippen LogP contribution in [0.5, 0.6) is 0 Å². The molecule has 0 atom stereocenters. The SMILES string of the molecule is CC.CCCCC1OCCO1. The van der Waals surface area contributed by atoms with Crippen LogP contribution in [0.1, 0.15) is 40.0 Å². The van der Waals surface area contributed by atoms with Crippen LogP contribution in [0.4, 0.5) is 0 Å². The second-order valence-electron chi connectivity index (χ2n) is 2.31. The van der Waals surface area contributed by atoms with Crippen LogP contribution in [0.15, 0.2) is 0 Å². The normalized spacial score (nSPS) is 17.7. The number of hydrogen-bond donors (Lipinski definition) is 0. The molecule has 1 aliphatic heterocycles. The second-order valence-corrected chi connectivity index (χ2v) is 2.31. The van der Waals surface area contributed by atoms with Gasteiger partial charge in [-0.25, -0.2) is 0 Å². The maximum atomic E-state index is 5.23. The molecule has 1 fully saturated rings. The summed E-state index contributed by atoms with van der Waals surface area (Å²) in [5.41, 5.74) is 0. The zero-order valence-corrected chi connectivity index (χ0v) is 7.93. The standard InChI is InChI=1S/C7H14O2.C2H6/c1-2-3-4-7-8-5-6-9-7;1-2/h7H,2-6H2,1H3;1-2H3. The van der Waals surface area contributed by atoms with Gasteiger partial charge in [0, 0.05) is 0 Å². The molecule has 0 aromatic rings. The zero-order chi connectivity index (χ0) is 8.53. The zero-order valence-electron chi connectivity index (χ0n) is 7.93. The van der Waals surface area contributed by atoms with Crippen molar-refractivity contribution >= 4 is 0 Å². The van der Waals surface area contributed by atoms with Crippen LogP contribution >= 0.6 is 0 Å². The van der Waals surface area contributed by atoms with Crippen LogP contribution < -0.4 is 0 Å². The van der Waals surface area contributed by atoms with Crippen molar-refractivity contribution < 1.29 is 9.47 Å². The fraction of sp³-hybridized carbons (Fsp3) is 1.00. The minimum absolute atomic E-state index is 0.116. The molecule has 11 heavy (non-hydrogen) atoms. The molecular formula is C9H20O2. The van der Waals surface area contributed by atoms with Gasteiger partial charge < -0.3 is 9.47 Å². The molecule has 0 aromatic heterocycles. The van der Waals surface area contributed by atoms with Gasteiger partial charge in [0.1, 0.15) is 0 Å². The van der Waals surface area contributed by atoms with E-state index in [0.717, 1.165) is 19.6 Å². The molecule has 68 valence electrons. The summed E-state index contributed by atoms with van der Waals surface area (Å²) in [5.74, 6) is 0. The van der Waals surface area contributed by atoms with Crippen molar-refractivity contribution in [2.45, 2.75) is 46.3 Å². The summed E-state index contributed by atoms with van der Waals surface area (Å²) in [6, 6.07) is 0. The van der Waals surface area contributed by atoms with E-state index >= 15 is 0 Å². The number of unbranched alkanes of at least 4 members (excludes halogenated alkanes) is 1. The summed E-state index contributed by atoms with van der Waals surface area (Å²) in [5, 5.41) is 0. The Morgan fingerprint density at radius 1 is 1.18 bits per heavy atom. The fourth-order valence-corrected chi connectivity index (χ4v) is 0.945.